The molecule has 4 rings (SSSR count). The van der Waals surface area contributed by atoms with Crippen LogP contribution in [0.3, 0.4) is 0 Å². The molecule has 0 saturated carbocycles. The summed E-state index contributed by atoms with van der Waals surface area (Å²) in [5.41, 5.74) is 2.95. The number of aliphatic hydroxyl groups is 3. The van der Waals surface area contributed by atoms with Crippen LogP contribution in [0.5, 0.6) is 0 Å². The molecular formula is C24H38O5S3. The second-order valence-corrected chi connectivity index (χ2v) is 9.21. The van der Waals surface area contributed by atoms with Crippen molar-refractivity contribution in [3.8, 4) is 0 Å². The molecule has 3 N–H and O–H groups in total. The summed E-state index contributed by atoms with van der Waals surface area (Å²) >= 11 is 4.64. The zero-order chi connectivity index (χ0) is 21.4. The van der Waals surface area contributed by atoms with Gasteiger partial charge in [0.1, 0.15) is 0 Å². The van der Waals surface area contributed by atoms with Gasteiger partial charge in [0.25, 0.3) is 0 Å². The summed E-state index contributed by atoms with van der Waals surface area (Å²) in [7, 11) is 0. The highest BCUT2D eigenvalue weighted by Gasteiger charge is 2.19. The van der Waals surface area contributed by atoms with Crippen molar-refractivity contribution in [3.63, 3.8) is 0 Å². The van der Waals surface area contributed by atoms with Crippen LogP contribution in [-0.2, 0) is 24.6 Å². The lowest BCUT2D eigenvalue weighted by atomic mass is 10.2. The van der Waals surface area contributed by atoms with Gasteiger partial charge in [-0.25, -0.2) is 0 Å². The Labute approximate surface area is 205 Å². The molecule has 0 radical (unpaired) electrons. The monoisotopic (exact) mass is 502 g/mol. The average molecular weight is 503 g/mol. The van der Waals surface area contributed by atoms with Gasteiger partial charge in [-0.05, 0) is 71.8 Å². The predicted octanol–water partition coefficient (Wildman–Crippen LogP) is 6.98. The maximum absolute atomic E-state index is 10.8. The van der Waals surface area contributed by atoms with E-state index in [9.17, 15) is 4.79 Å². The van der Waals surface area contributed by atoms with Crippen molar-refractivity contribution in [2.24, 2.45) is 0 Å². The SMILES string of the molecule is C.C.C.CC(=O)c1sccc1CO.CC(O)c1sccc1CO.CC1OCc2ccsc21. The van der Waals surface area contributed by atoms with E-state index in [0.717, 1.165) is 22.6 Å². The maximum atomic E-state index is 10.8. The van der Waals surface area contributed by atoms with Gasteiger partial charge < -0.3 is 20.1 Å². The molecule has 0 fully saturated rings. The number of Topliss-reactive ketones (excluding diaryl/α,β-unsaturated/α-hetero) is 1. The summed E-state index contributed by atoms with van der Waals surface area (Å²) < 4.78 is 5.37. The van der Waals surface area contributed by atoms with E-state index >= 15 is 0 Å². The van der Waals surface area contributed by atoms with Crippen LogP contribution >= 0.6 is 34.0 Å². The van der Waals surface area contributed by atoms with Crippen molar-refractivity contribution in [1.82, 2.24) is 0 Å². The van der Waals surface area contributed by atoms with E-state index in [1.165, 1.54) is 40.0 Å². The molecule has 2 unspecified atom stereocenters. The van der Waals surface area contributed by atoms with Crippen LogP contribution in [0.2, 0.25) is 0 Å². The first-order chi connectivity index (χ1) is 13.9. The maximum Gasteiger partial charge on any atom is 0.170 e. The molecule has 0 saturated heterocycles. The minimum atomic E-state index is -0.456. The van der Waals surface area contributed by atoms with Gasteiger partial charge in [-0.2, -0.15) is 0 Å². The van der Waals surface area contributed by atoms with E-state index in [-0.39, 0.29) is 41.3 Å². The van der Waals surface area contributed by atoms with Crippen LogP contribution < -0.4 is 0 Å². The first kappa shape index (κ1) is 32.8. The number of ketones is 1. The fourth-order valence-corrected chi connectivity index (χ4v) is 5.32. The zero-order valence-corrected chi connectivity index (χ0v) is 19.1. The smallest absolute Gasteiger partial charge is 0.170 e. The molecule has 0 aliphatic carbocycles. The van der Waals surface area contributed by atoms with Crippen LogP contribution in [0.1, 0.15) is 91.4 Å². The van der Waals surface area contributed by atoms with E-state index in [0.29, 0.717) is 11.0 Å². The minimum Gasteiger partial charge on any atom is -0.392 e. The molecule has 0 spiro atoms. The number of carbonyl (C=O) groups excluding carboxylic acids is 1. The highest BCUT2D eigenvalue weighted by molar-refractivity contribution is 7.12. The third kappa shape index (κ3) is 8.86. The number of fused-ring (bicyclic) bond motifs is 1. The molecule has 0 bridgehead atoms. The fraction of sp³-hybridized carbons (Fsp3) is 0.458. The van der Waals surface area contributed by atoms with Crippen molar-refractivity contribution in [1.29, 1.82) is 0 Å². The Hall–Kier alpha value is -1.39. The fourth-order valence-electron chi connectivity index (χ4n) is 2.73. The van der Waals surface area contributed by atoms with Gasteiger partial charge in [0.15, 0.2) is 5.78 Å². The number of rotatable bonds is 4. The summed E-state index contributed by atoms with van der Waals surface area (Å²) in [6.07, 6.45) is -0.109. The molecule has 2 atom stereocenters. The third-order valence-corrected chi connectivity index (χ3v) is 7.51. The molecule has 4 heterocycles. The van der Waals surface area contributed by atoms with Crippen molar-refractivity contribution in [2.75, 3.05) is 0 Å². The lowest BCUT2D eigenvalue weighted by molar-refractivity contribution is 0.0808. The van der Waals surface area contributed by atoms with Crippen LogP contribution in [0.15, 0.2) is 34.3 Å². The lowest BCUT2D eigenvalue weighted by Crippen LogP contribution is -1.92. The molecule has 5 nitrogen and oxygen atoms in total. The summed E-state index contributed by atoms with van der Waals surface area (Å²) in [5, 5.41) is 32.4. The highest BCUT2D eigenvalue weighted by Crippen LogP contribution is 2.33. The van der Waals surface area contributed by atoms with Crippen molar-refractivity contribution in [2.45, 2.75) is 75.1 Å². The van der Waals surface area contributed by atoms with Gasteiger partial charge >= 0.3 is 0 Å². The molecule has 8 heteroatoms. The Morgan fingerprint density at radius 1 is 1.03 bits per heavy atom. The van der Waals surface area contributed by atoms with Crippen LogP contribution in [0.25, 0.3) is 0 Å². The predicted molar refractivity (Wildman–Crippen MR) is 139 cm³/mol. The van der Waals surface area contributed by atoms with Crippen LogP contribution in [0, 0.1) is 0 Å². The van der Waals surface area contributed by atoms with Crippen molar-refractivity contribution < 1.29 is 24.9 Å². The molecule has 0 aromatic carbocycles. The van der Waals surface area contributed by atoms with E-state index in [1.807, 2.05) is 16.8 Å². The van der Waals surface area contributed by atoms with Crippen LogP contribution in [0.4, 0.5) is 0 Å². The zero-order valence-electron chi connectivity index (χ0n) is 16.6. The number of ether oxygens (including phenoxy) is 1. The Kier molecular flexibility index (Phi) is 16.7. The van der Waals surface area contributed by atoms with E-state index in [2.05, 4.69) is 18.4 Å². The lowest BCUT2D eigenvalue weighted by Gasteiger charge is -2.01. The molecule has 182 valence electrons. The second-order valence-electron chi connectivity index (χ2n) is 6.40. The topological polar surface area (TPSA) is 87.0 Å². The molecule has 1 aliphatic heterocycles. The van der Waals surface area contributed by atoms with Gasteiger partial charge in [0, 0.05) is 9.75 Å². The number of hydrogen-bond acceptors (Lipinski definition) is 8. The second kappa shape index (κ2) is 16.3. The first-order valence-corrected chi connectivity index (χ1v) is 11.7. The van der Waals surface area contributed by atoms with E-state index in [4.69, 9.17) is 20.1 Å². The average Bonchev–Trinajstić information content (AvgIpc) is 3.48. The Morgan fingerprint density at radius 3 is 2.06 bits per heavy atom. The first-order valence-electron chi connectivity index (χ1n) is 9.10. The Morgan fingerprint density at radius 2 is 1.59 bits per heavy atom. The van der Waals surface area contributed by atoms with Gasteiger partial charge in [-0.3, -0.25) is 4.79 Å². The summed E-state index contributed by atoms with van der Waals surface area (Å²) in [5.74, 6) is 0.0269. The van der Waals surface area contributed by atoms with Gasteiger partial charge in [-0.15, -0.1) is 34.0 Å². The standard InChI is InChI=1S/C7H10O2S.C7H8O2S.C7H8OS.3CH4/c2*1-5(9)7-6(4-8)2-3-10-7;1-5-7-6(4-8-5)2-3-9-7;;;/h2-3,5,8-9H,4H2,1H3;2-3,8H,4H2,1H3;2-3,5H,4H2,1H3;3*1H4. The van der Waals surface area contributed by atoms with Gasteiger partial charge in [-0.1, -0.05) is 22.3 Å². The third-order valence-electron chi connectivity index (χ3n) is 4.21. The minimum absolute atomic E-state index is 0. The molecule has 3 aromatic heterocycles. The number of aliphatic hydroxyl groups excluding tert-OH is 3. The van der Waals surface area contributed by atoms with E-state index < -0.39 is 6.10 Å². The normalized spacial score (nSPS) is 14.1. The molecule has 3 aromatic rings. The van der Waals surface area contributed by atoms with Gasteiger partial charge in [0.2, 0.25) is 0 Å². The number of thiophene rings is 3. The molecule has 32 heavy (non-hydrogen) atoms. The number of hydrogen-bond donors (Lipinski definition) is 3. The van der Waals surface area contributed by atoms with Gasteiger partial charge in [0.05, 0.1) is 36.9 Å². The molecule has 0 amide bonds. The number of carbonyl (C=O) groups is 1. The Bertz CT molecular complexity index is 895. The Balaban J connectivity index is 0. The largest absolute Gasteiger partial charge is 0.392 e. The summed E-state index contributed by atoms with van der Waals surface area (Å²) in [6, 6.07) is 5.73. The van der Waals surface area contributed by atoms with Crippen molar-refractivity contribution >= 4 is 39.8 Å². The molecule has 1 aliphatic rings. The quantitative estimate of drug-likeness (QED) is 0.335. The van der Waals surface area contributed by atoms with Crippen molar-refractivity contribution in [3.05, 3.63) is 65.7 Å². The highest BCUT2D eigenvalue weighted by atomic mass is 32.1. The van der Waals surface area contributed by atoms with Crippen LogP contribution in [-0.4, -0.2) is 21.1 Å². The summed E-state index contributed by atoms with van der Waals surface area (Å²) in [6.45, 7) is 6.10. The molecular weight excluding hydrogens is 464 g/mol. The summed E-state index contributed by atoms with van der Waals surface area (Å²) in [4.78, 5) is 13.7. The van der Waals surface area contributed by atoms with E-state index in [1.54, 1.807) is 24.3 Å².